The lowest BCUT2D eigenvalue weighted by atomic mass is 10.1. The molecule has 0 atom stereocenters. The smallest absolute Gasteiger partial charge is 0.256 e. The average molecular weight is 425 g/mol. The van der Waals surface area contributed by atoms with Gasteiger partial charge in [0.05, 0.1) is 5.69 Å². The molecule has 154 valence electrons. The van der Waals surface area contributed by atoms with E-state index in [1.807, 2.05) is 30.3 Å². The van der Waals surface area contributed by atoms with Gasteiger partial charge in [0.25, 0.3) is 5.91 Å². The molecule has 3 aromatic rings. The summed E-state index contributed by atoms with van der Waals surface area (Å²) in [5, 5.41) is 10.3. The second-order valence-electron chi connectivity index (χ2n) is 6.97. The van der Waals surface area contributed by atoms with E-state index in [2.05, 4.69) is 15.7 Å². The molecule has 2 amide bonds. The largest absolute Gasteiger partial charge is 0.354 e. The highest BCUT2D eigenvalue weighted by molar-refractivity contribution is 7.98. The van der Waals surface area contributed by atoms with E-state index in [1.54, 1.807) is 16.4 Å². The van der Waals surface area contributed by atoms with Gasteiger partial charge in [0, 0.05) is 29.2 Å². The van der Waals surface area contributed by atoms with E-state index < -0.39 is 5.82 Å². The van der Waals surface area contributed by atoms with Gasteiger partial charge in [0.1, 0.15) is 18.2 Å². The minimum atomic E-state index is -0.402. The number of nitrogens with zero attached hydrogens (tertiary/aromatic N) is 2. The summed E-state index contributed by atoms with van der Waals surface area (Å²) >= 11 is 1.71. The van der Waals surface area contributed by atoms with Crippen LogP contribution in [0.15, 0.2) is 54.6 Å². The highest BCUT2D eigenvalue weighted by atomic mass is 32.2. The summed E-state index contributed by atoms with van der Waals surface area (Å²) in [6.45, 7) is 0.544. The highest BCUT2D eigenvalue weighted by Crippen LogP contribution is 2.34. The van der Waals surface area contributed by atoms with Crippen LogP contribution < -0.4 is 10.6 Å². The van der Waals surface area contributed by atoms with Crippen molar-refractivity contribution < 1.29 is 14.0 Å². The molecule has 1 aliphatic rings. The van der Waals surface area contributed by atoms with Crippen LogP contribution in [0, 0.1) is 5.82 Å². The second-order valence-corrected chi connectivity index (χ2v) is 7.96. The van der Waals surface area contributed by atoms with Crippen LogP contribution in [0.4, 0.5) is 10.2 Å². The van der Waals surface area contributed by atoms with Crippen LogP contribution in [0.5, 0.6) is 0 Å². The third kappa shape index (κ3) is 4.71. The number of benzene rings is 2. The first-order valence-corrected chi connectivity index (χ1v) is 10.8. The molecule has 0 spiro atoms. The number of halogens is 1. The molecular weight excluding hydrogens is 403 g/mol. The number of thioether (sulfide) groups is 1. The molecular formula is C22H21FN4O2S. The molecule has 0 saturated heterocycles. The maximum absolute atomic E-state index is 13.1. The van der Waals surface area contributed by atoms with E-state index in [4.69, 9.17) is 0 Å². The lowest BCUT2D eigenvalue weighted by Crippen LogP contribution is -2.30. The minimum absolute atomic E-state index is 0.0193. The quantitative estimate of drug-likeness (QED) is 0.610. The maximum Gasteiger partial charge on any atom is 0.256 e. The lowest BCUT2D eigenvalue weighted by Gasteiger charge is -2.11. The van der Waals surface area contributed by atoms with Crippen LogP contribution in [-0.2, 0) is 29.3 Å². The van der Waals surface area contributed by atoms with Crippen molar-refractivity contribution in [2.24, 2.45) is 0 Å². The van der Waals surface area contributed by atoms with Crippen LogP contribution in [0.3, 0.4) is 0 Å². The van der Waals surface area contributed by atoms with Gasteiger partial charge in [-0.15, -0.1) is 0 Å². The Hall–Kier alpha value is -3.13. The molecule has 8 heteroatoms. The predicted octanol–water partition coefficient (Wildman–Crippen LogP) is 3.38. The number of fused-ring (bicyclic) bond motifs is 1. The van der Waals surface area contributed by atoms with Crippen LogP contribution in [0.1, 0.15) is 27.2 Å². The zero-order valence-corrected chi connectivity index (χ0v) is 17.0. The van der Waals surface area contributed by atoms with E-state index in [1.165, 1.54) is 24.3 Å². The van der Waals surface area contributed by atoms with Crippen molar-refractivity contribution in [1.82, 2.24) is 15.1 Å². The highest BCUT2D eigenvalue weighted by Gasteiger charge is 2.25. The summed E-state index contributed by atoms with van der Waals surface area (Å²) in [7, 11) is 0. The Balaban J connectivity index is 1.42. The van der Waals surface area contributed by atoms with Crippen LogP contribution in [-0.4, -0.2) is 28.1 Å². The zero-order valence-electron chi connectivity index (χ0n) is 16.2. The number of hydrogen-bond acceptors (Lipinski definition) is 4. The summed E-state index contributed by atoms with van der Waals surface area (Å²) in [5.41, 5.74) is 3.31. The zero-order chi connectivity index (χ0) is 20.9. The molecule has 2 aromatic carbocycles. The number of hydrogen-bond donors (Lipinski definition) is 2. The normalized spacial score (nSPS) is 12.4. The molecule has 2 heterocycles. The summed E-state index contributed by atoms with van der Waals surface area (Å²) in [5.74, 6) is 1.07. The second kappa shape index (κ2) is 9.13. The van der Waals surface area contributed by atoms with Gasteiger partial charge in [-0.2, -0.15) is 16.9 Å². The number of amides is 2. The lowest BCUT2D eigenvalue weighted by molar-refractivity contribution is -0.121. The third-order valence-corrected chi connectivity index (χ3v) is 5.80. The van der Waals surface area contributed by atoms with E-state index in [9.17, 15) is 14.0 Å². The molecule has 2 N–H and O–H groups in total. The number of carbonyl (C=O) groups excluding carboxylic acids is 2. The van der Waals surface area contributed by atoms with Crippen molar-refractivity contribution in [1.29, 1.82) is 0 Å². The number of nitrogens with one attached hydrogen (secondary N) is 2. The van der Waals surface area contributed by atoms with E-state index >= 15 is 0 Å². The fourth-order valence-electron chi connectivity index (χ4n) is 3.28. The molecule has 4 rings (SSSR count). The fraction of sp³-hybridized carbons (Fsp3) is 0.227. The first-order chi connectivity index (χ1) is 14.6. The Bertz CT molecular complexity index is 1050. The van der Waals surface area contributed by atoms with Gasteiger partial charge in [-0.05, 0) is 36.2 Å². The Morgan fingerprint density at radius 1 is 1.07 bits per heavy atom. The van der Waals surface area contributed by atoms with Crippen molar-refractivity contribution in [3.8, 4) is 0 Å². The molecule has 1 aliphatic heterocycles. The summed E-state index contributed by atoms with van der Waals surface area (Å²) in [6, 6.07) is 15.3. The predicted molar refractivity (Wildman–Crippen MR) is 115 cm³/mol. The molecule has 0 unspecified atom stereocenters. The summed E-state index contributed by atoms with van der Waals surface area (Å²) < 4.78 is 14.7. The van der Waals surface area contributed by atoms with E-state index in [-0.39, 0.29) is 18.4 Å². The average Bonchev–Trinajstić information content (AvgIpc) is 3.32. The topological polar surface area (TPSA) is 76.0 Å². The van der Waals surface area contributed by atoms with E-state index in [0.717, 1.165) is 34.7 Å². The molecule has 30 heavy (non-hydrogen) atoms. The maximum atomic E-state index is 13.1. The van der Waals surface area contributed by atoms with Gasteiger partial charge >= 0.3 is 0 Å². The summed E-state index contributed by atoms with van der Waals surface area (Å²) in [6.07, 6.45) is 0.743. The van der Waals surface area contributed by atoms with Gasteiger partial charge < -0.3 is 10.6 Å². The van der Waals surface area contributed by atoms with E-state index in [0.29, 0.717) is 17.9 Å². The SMILES string of the molecule is O=C(Cn1nc2c(c1NC(=O)c1ccc(F)cc1)CSC2)NCCc1ccccc1. The number of carbonyl (C=O) groups is 2. The van der Waals surface area contributed by atoms with Gasteiger partial charge in [-0.1, -0.05) is 30.3 Å². The molecule has 0 aliphatic carbocycles. The van der Waals surface area contributed by atoms with Crippen LogP contribution in [0.25, 0.3) is 0 Å². The van der Waals surface area contributed by atoms with Gasteiger partial charge in [0.15, 0.2) is 0 Å². The first-order valence-electron chi connectivity index (χ1n) is 9.64. The monoisotopic (exact) mass is 424 g/mol. The Kier molecular flexibility index (Phi) is 6.13. The van der Waals surface area contributed by atoms with Crippen LogP contribution >= 0.6 is 11.8 Å². The molecule has 0 radical (unpaired) electrons. The molecule has 1 aromatic heterocycles. The van der Waals surface area contributed by atoms with Gasteiger partial charge in [-0.3, -0.25) is 9.59 Å². The first kappa shape index (κ1) is 20.2. The molecule has 0 saturated carbocycles. The van der Waals surface area contributed by atoms with Crippen molar-refractivity contribution >= 4 is 29.4 Å². The van der Waals surface area contributed by atoms with Crippen molar-refractivity contribution in [3.05, 3.63) is 82.8 Å². The molecule has 0 fully saturated rings. The van der Waals surface area contributed by atoms with Crippen molar-refractivity contribution in [2.75, 3.05) is 11.9 Å². The minimum Gasteiger partial charge on any atom is -0.354 e. The number of rotatable bonds is 7. The number of aromatic nitrogens is 2. The van der Waals surface area contributed by atoms with Crippen LogP contribution in [0.2, 0.25) is 0 Å². The van der Waals surface area contributed by atoms with Gasteiger partial charge in [0.2, 0.25) is 5.91 Å². The Morgan fingerprint density at radius 3 is 2.60 bits per heavy atom. The molecule has 0 bridgehead atoms. The third-order valence-electron chi connectivity index (χ3n) is 4.83. The fourth-order valence-corrected chi connectivity index (χ4v) is 4.32. The number of anilines is 1. The summed E-state index contributed by atoms with van der Waals surface area (Å²) in [4.78, 5) is 25.1. The van der Waals surface area contributed by atoms with Crippen molar-refractivity contribution in [2.45, 2.75) is 24.5 Å². The standard InChI is InChI=1S/C22H21FN4O2S/c23-17-8-6-16(7-9-17)22(29)25-21-18-13-30-14-19(18)26-27(21)12-20(28)24-11-10-15-4-2-1-3-5-15/h1-9H,10-14H2,(H,24,28)(H,25,29). The van der Waals surface area contributed by atoms with Gasteiger partial charge in [-0.25, -0.2) is 9.07 Å². The Labute approximate surface area is 177 Å². The molecule has 6 nitrogen and oxygen atoms in total. The Morgan fingerprint density at radius 2 is 1.83 bits per heavy atom. The van der Waals surface area contributed by atoms with Crippen molar-refractivity contribution in [3.63, 3.8) is 0 Å².